The highest BCUT2D eigenvalue weighted by molar-refractivity contribution is 8.00. The molecule has 2 aliphatic rings. The molecule has 3 unspecified atom stereocenters. The van der Waals surface area contributed by atoms with Crippen molar-refractivity contribution in [2.75, 3.05) is 5.88 Å². The number of rotatable bonds is 5. The van der Waals surface area contributed by atoms with E-state index < -0.39 is 0 Å². The van der Waals surface area contributed by atoms with Crippen molar-refractivity contribution >= 4 is 17.5 Å². The molecule has 0 spiro atoms. The molecule has 3 atom stereocenters. The average Bonchev–Trinajstić information content (AvgIpc) is 2.79. The van der Waals surface area contributed by atoms with Gasteiger partial charge in [0.25, 0.3) is 0 Å². The maximum atomic E-state index is 12.1. The molecule has 1 fully saturated rings. The molecule has 0 saturated carbocycles. The molecule has 17 heavy (non-hydrogen) atoms. The highest BCUT2D eigenvalue weighted by atomic mass is 32.2. The first-order valence-corrected chi connectivity index (χ1v) is 7.57. The summed E-state index contributed by atoms with van der Waals surface area (Å²) in [4.78, 5) is 14.5. The number of hydrogen-bond acceptors (Lipinski definition) is 3. The Morgan fingerprint density at radius 2 is 2.18 bits per heavy atom. The number of ketones is 1. The lowest BCUT2D eigenvalue weighted by Crippen LogP contribution is -2.45. The fourth-order valence-corrected chi connectivity index (χ4v) is 3.95. The van der Waals surface area contributed by atoms with E-state index in [0.717, 1.165) is 18.7 Å². The summed E-state index contributed by atoms with van der Waals surface area (Å²) in [6.07, 6.45) is 11.5. The molecule has 1 saturated heterocycles. The molecule has 94 valence electrons. The molecule has 0 bridgehead atoms. The second-order valence-electron chi connectivity index (χ2n) is 4.66. The van der Waals surface area contributed by atoms with Gasteiger partial charge in [0.15, 0.2) is 0 Å². The molecule has 1 aliphatic heterocycles. The largest absolute Gasteiger partial charge is 0.298 e. The summed E-state index contributed by atoms with van der Waals surface area (Å²) in [7, 11) is 0. The number of carbonyl (C=O) groups is 1. The van der Waals surface area contributed by atoms with E-state index in [9.17, 15) is 4.79 Å². The van der Waals surface area contributed by atoms with Crippen molar-refractivity contribution in [3.8, 4) is 0 Å². The number of thioether (sulfide) groups is 1. The van der Waals surface area contributed by atoms with Gasteiger partial charge in [-0.05, 0) is 6.42 Å². The van der Waals surface area contributed by atoms with Crippen molar-refractivity contribution in [1.82, 2.24) is 4.90 Å². The van der Waals surface area contributed by atoms with Crippen LogP contribution in [0.4, 0.5) is 0 Å². The second-order valence-corrected chi connectivity index (χ2v) is 5.80. The van der Waals surface area contributed by atoms with Gasteiger partial charge < -0.3 is 0 Å². The molecule has 0 aromatic heterocycles. The van der Waals surface area contributed by atoms with Crippen LogP contribution >= 0.6 is 11.8 Å². The van der Waals surface area contributed by atoms with Crippen molar-refractivity contribution in [2.45, 2.75) is 50.4 Å². The first-order chi connectivity index (χ1) is 8.27. The lowest BCUT2D eigenvalue weighted by molar-refractivity contribution is -0.124. The summed E-state index contributed by atoms with van der Waals surface area (Å²) >= 11 is 1.95. The topological polar surface area (TPSA) is 20.3 Å². The second kappa shape index (κ2) is 5.87. The summed E-state index contributed by atoms with van der Waals surface area (Å²) in [5.41, 5.74) is 0. The standard InChI is InChI=1S/C14H21NOS/c1-3-7-11(13(16)4-2)15-10-17-14-9-6-5-8-12(14)15/h5-6,8-9,11-12,14H,3-4,7,10H2,1-2H3. The van der Waals surface area contributed by atoms with Gasteiger partial charge in [0.05, 0.1) is 6.04 Å². The molecule has 0 radical (unpaired) electrons. The first kappa shape index (κ1) is 12.9. The van der Waals surface area contributed by atoms with Crippen LogP contribution in [0.25, 0.3) is 0 Å². The molecule has 3 heteroatoms. The Labute approximate surface area is 108 Å². The van der Waals surface area contributed by atoms with Crippen LogP contribution in [0.2, 0.25) is 0 Å². The Morgan fingerprint density at radius 1 is 1.41 bits per heavy atom. The Kier molecular flexibility index (Phi) is 4.46. The van der Waals surface area contributed by atoms with Crippen LogP contribution in [0, 0.1) is 0 Å². The van der Waals surface area contributed by atoms with Crippen molar-refractivity contribution in [2.24, 2.45) is 0 Å². The first-order valence-electron chi connectivity index (χ1n) is 6.53. The maximum absolute atomic E-state index is 12.1. The minimum absolute atomic E-state index is 0.128. The zero-order chi connectivity index (χ0) is 12.3. The van der Waals surface area contributed by atoms with E-state index in [1.807, 2.05) is 18.7 Å². The fourth-order valence-electron chi connectivity index (χ4n) is 2.61. The number of hydrogen-bond donors (Lipinski definition) is 0. The van der Waals surface area contributed by atoms with Gasteiger partial charge in [-0.25, -0.2) is 0 Å². The van der Waals surface area contributed by atoms with E-state index in [-0.39, 0.29) is 6.04 Å². The summed E-state index contributed by atoms with van der Waals surface area (Å²) in [5.74, 6) is 1.39. The summed E-state index contributed by atoms with van der Waals surface area (Å²) in [5, 5.41) is 0.545. The Hall–Kier alpha value is -0.540. The predicted octanol–water partition coefficient (Wildman–Crippen LogP) is 3.00. The molecule has 2 nitrogen and oxygen atoms in total. The normalized spacial score (nSPS) is 29.3. The van der Waals surface area contributed by atoms with Crippen molar-refractivity contribution in [3.05, 3.63) is 24.3 Å². The van der Waals surface area contributed by atoms with Gasteiger partial charge in [-0.1, -0.05) is 44.6 Å². The van der Waals surface area contributed by atoms with Gasteiger partial charge >= 0.3 is 0 Å². The molecule has 0 aromatic carbocycles. The van der Waals surface area contributed by atoms with Gasteiger partial charge in [0, 0.05) is 23.6 Å². The van der Waals surface area contributed by atoms with E-state index >= 15 is 0 Å². The molecule has 1 aliphatic carbocycles. The molecular weight excluding hydrogens is 230 g/mol. The lowest BCUT2D eigenvalue weighted by Gasteiger charge is -2.31. The molecule has 2 rings (SSSR count). The van der Waals surface area contributed by atoms with E-state index in [4.69, 9.17) is 0 Å². The Bertz CT molecular complexity index is 337. The smallest absolute Gasteiger partial charge is 0.149 e. The Morgan fingerprint density at radius 3 is 2.88 bits per heavy atom. The van der Waals surface area contributed by atoms with Gasteiger partial charge in [0.1, 0.15) is 5.78 Å². The summed E-state index contributed by atoms with van der Waals surface area (Å²) in [6, 6.07) is 0.556. The summed E-state index contributed by atoms with van der Waals surface area (Å²) < 4.78 is 0. The third-order valence-electron chi connectivity index (χ3n) is 3.54. The van der Waals surface area contributed by atoms with Crippen molar-refractivity contribution < 1.29 is 4.79 Å². The highest BCUT2D eigenvalue weighted by Crippen LogP contribution is 2.35. The summed E-state index contributed by atoms with van der Waals surface area (Å²) in [6.45, 7) is 4.13. The molecule has 0 amide bonds. The average molecular weight is 251 g/mol. The minimum Gasteiger partial charge on any atom is -0.298 e. The van der Waals surface area contributed by atoms with Crippen LogP contribution in [0.15, 0.2) is 24.3 Å². The molecule has 0 N–H and O–H groups in total. The van der Waals surface area contributed by atoms with Crippen molar-refractivity contribution in [1.29, 1.82) is 0 Å². The highest BCUT2D eigenvalue weighted by Gasteiger charge is 2.38. The quantitative estimate of drug-likeness (QED) is 0.749. The SMILES string of the molecule is CCCC(C(=O)CC)N1CSC2C=CC=CC21. The maximum Gasteiger partial charge on any atom is 0.149 e. The van der Waals surface area contributed by atoms with Crippen LogP contribution in [0.1, 0.15) is 33.1 Å². The van der Waals surface area contributed by atoms with E-state index in [2.05, 4.69) is 36.1 Å². The van der Waals surface area contributed by atoms with Crippen LogP contribution in [0.3, 0.4) is 0 Å². The third-order valence-corrected chi connectivity index (χ3v) is 4.81. The number of allylic oxidation sites excluding steroid dienone is 2. The van der Waals surface area contributed by atoms with Gasteiger partial charge in [0.2, 0.25) is 0 Å². The third kappa shape index (κ3) is 2.66. The van der Waals surface area contributed by atoms with E-state index in [1.165, 1.54) is 0 Å². The van der Waals surface area contributed by atoms with Crippen LogP contribution in [-0.2, 0) is 4.79 Å². The number of carbonyl (C=O) groups excluding carboxylic acids is 1. The van der Waals surface area contributed by atoms with Gasteiger partial charge in [-0.2, -0.15) is 0 Å². The van der Waals surface area contributed by atoms with Gasteiger partial charge in [-0.15, -0.1) is 11.8 Å². The van der Waals surface area contributed by atoms with Crippen LogP contribution in [-0.4, -0.2) is 33.9 Å². The van der Waals surface area contributed by atoms with E-state index in [0.29, 0.717) is 23.5 Å². The molecular formula is C14H21NOS. The number of nitrogens with zero attached hydrogens (tertiary/aromatic N) is 1. The predicted molar refractivity (Wildman–Crippen MR) is 74.1 cm³/mol. The van der Waals surface area contributed by atoms with Crippen LogP contribution < -0.4 is 0 Å². The van der Waals surface area contributed by atoms with Crippen LogP contribution in [0.5, 0.6) is 0 Å². The molecule has 0 aromatic rings. The number of Topliss-reactive ketones (excluding diaryl/α,β-unsaturated/α-hetero) is 1. The van der Waals surface area contributed by atoms with E-state index in [1.54, 1.807) is 0 Å². The zero-order valence-electron chi connectivity index (χ0n) is 10.6. The zero-order valence-corrected chi connectivity index (χ0v) is 11.5. The lowest BCUT2D eigenvalue weighted by atomic mass is 9.99. The number of fused-ring (bicyclic) bond motifs is 1. The Balaban J connectivity index is 2.11. The fraction of sp³-hybridized carbons (Fsp3) is 0.643. The monoisotopic (exact) mass is 251 g/mol. The van der Waals surface area contributed by atoms with Crippen molar-refractivity contribution in [3.63, 3.8) is 0 Å². The molecule has 1 heterocycles. The minimum atomic E-state index is 0.128. The van der Waals surface area contributed by atoms with Gasteiger partial charge in [-0.3, -0.25) is 9.69 Å².